The molecule has 1 spiro atoms. The van der Waals surface area contributed by atoms with E-state index < -0.39 is 0 Å². The largest absolute Gasteiger partial charge is 0.353 e. The van der Waals surface area contributed by atoms with Gasteiger partial charge in [0.05, 0.1) is 0 Å². The second-order valence-electron chi connectivity index (χ2n) is 5.95. The van der Waals surface area contributed by atoms with Gasteiger partial charge in [0.2, 0.25) is 5.91 Å². The van der Waals surface area contributed by atoms with Crippen LogP contribution in [0.2, 0.25) is 0 Å². The zero-order valence-electron chi connectivity index (χ0n) is 11.2. The molecule has 2 rings (SSSR count). The number of carbonyl (C=O) groups is 1. The van der Waals surface area contributed by atoms with E-state index in [9.17, 15) is 4.79 Å². The van der Waals surface area contributed by atoms with Crippen molar-refractivity contribution in [3.63, 3.8) is 0 Å². The molecule has 0 bridgehead atoms. The third-order valence-electron chi connectivity index (χ3n) is 4.46. The lowest BCUT2D eigenvalue weighted by Gasteiger charge is -2.48. The Morgan fingerprint density at radius 2 is 2.29 bits per heavy atom. The van der Waals surface area contributed by atoms with Crippen LogP contribution in [0.25, 0.3) is 0 Å². The van der Waals surface area contributed by atoms with Crippen LogP contribution < -0.4 is 10.6 Å². The summed E-state index contributed by atoms with van der Waals surface area (Å²) in [5.74, 6) is 0.431. The molecular weight excluding hydrogens is 212 g/mol. The van der Waals surface area contributed by atoms with E-state index in [2.05, 4.69) is 17.6 Å². The highest BCUT2D eigenvalue weighted by molar-refractivity contribution is 5.78. The summed E-state index contributed by atoms with van der Waals surface area (Å²) < 4.78 is 0. The van der Waals surface area contributed by atoms with E-state index >= 15 is 0 Å². The van der Waals surface area contributed by atoms with Crippen molar-refractivity contribution in [2.45, 2.75) is 70.4 Å². The van der Waals surface area contributed by atoms with Crippen LogP contribution in [0.3, 0.4) is 0 Å². The molecule has 2 fully saturated rings. The predicted molar refractivity (Wildman–Crippen MR) is 69.8 cm³/mol. The number of piperidine rings is 1. The summed E-state index contributed by atoms with van der Waals surface area (Å²) >= 11 is 0. The van der Waals surface area contributed by atoms with E-state index in [1.807, 2.05) is 6.92 Å². The van der Waals surface area contributed by atoms with E-state index in [1.54, 1.807) is 0 Å². The maximum absolute atomic E-state index is 12.0. The van der Waals surface area contributed by atoms with Gasteiger partial charge in [-0.25, -0.2) is 0 Å². The first-order valence-corrected chi connectivity index (χ1v) is 7.20. The first-order valence-electron chi connectivity index (χ1n) is 7.20. The van der Waals surface area contributed by atoms with Crippen molar-refractivity contribution in [2.24, 2.45) is 5.92 Å². The fourth-order valence-electron chi connectivity index (χ4n) is 3.17. The lowest BCUT2D eigenvalue weighted by Crippen LogP contribution is -2.60. The molecule has 17 heavy (non-hydrogen) atoms. The van der Waals surface area contributed by atoms with Gasteiger partial charge in [-0.2, -0.15) is 0 Å². The van der Waals surface area contributed by atoms with E-state index in [-0.39, 0.29) is 11.8 Å². The van der Waals surface area contributed by atoms with Gasteiger partial charge in [0.1, 0.15) is 0 Å². The molecule has 0 radical (unpaired) electrons. The standard InChI is InChI=1S/C14H26N2O/c1-3-5-11(2)13(17)16-12-6-9-15-14(10-12)7-4-8-14/h11-12,15H,3-10H2,1-2H3,(H,16,17). The second kappa shape index (κ2) is 5.38. The summed E-state index contributed by atoms with van der Waals surface area (Å²) in [5.41, 5.74) is 0.379. The summed E-state index contributed by atoms with van der Waals surface area (Å²) in [6, 6.07) is 0.406. The number of carbonyl (C=O) groups excluding carboxylic acids is 1. The molecule has 0 aromatic rings. The van der Waals surface area contributed by atoms with Crippen molar-refractivity contribution in [3.05, 3.63) is 0 Å². The van der Waals surface area contributed by atoms with Crippen LogP contribution in [0.4, 0.5) is 0 Å². The van der Waals surface area contributed by atoms with E-state index in [4.69, 9.17) is 0 Å². The lowest BCUT2D eigenvalue weighted by molar-refractivity contribution is -0.125. The molecule has 3 heteroatoms. The number of amides is 1. The zero-order chi connectivity index (χ0) is 12.3. The Hall–Kier alpha value is -0.570. The number of hydrogen-bond donors (Lipinski definition) is 2. The first kappa shape index (κ1) is 12.9. The van der Waals surface area contributed by atoms with E-state index in [0.717, 1.165) is 32.2 Å². The van der Waals surface area contributed by atoms with Gasteiger partial charge in [0, 0.05) is 17.5 Å². The molecule has 3 nitrogen and oxygen atoms in total. The third kappa shape index (κ3) is 3.01. The minimum atomic E-state index is 0.173. The predicted octanol–water partition coefficient (Wildman–Crippen LogP) is 2.21. The molecule has 1 heterocycles. The van der Waals surface area contributed by atoms with Crippen molar-refractivity contribution in [1.82, 2.24) is 10.6 Å². The lowest BCUT2D eigenvalue weighted by atomic mass is 9.70. The number of nitrogens with one attached hydrogen (secondary N) is 2. The average Bonchev–Trinajstić information content (AvgIpc) is 2.27. The highest BCUT2D eigenvalue weighted by Gasteiger charge is 2.41. The average molecular weight is 238 g/mol. The molecule has 2 N–H and O–H groups in total. The molecule has 1 amide bonds. The summed E-state index contributed by atoms with van der Waals surface area (Å²) in [6.07, 6.45) is 8.25. The minimum Gasteiger partial charge on any atom is -0.353 e. The quantitative estimate of drug-likeness (QED) is 0.788. The Balaban J connectivity index is 1.80. The summed E-state index contributed by atoms with van der Waals surface area (Å²) in [5, 5.41) is 6.89. The second-order valence-corrected chi connectivity index (χ2v) is 5.95. The fourth-order valence-corrected chi connectivity index (χ4v) is 3.17. The van der Waals surface area contributed by atoms with Crippen LogP contribution >= 0.6 is 0 Å². The molecule has 2 atom stereocenters. The SMILES string of the molecule is CCCC(C)C(=O)NC1CCNC2(CCC2)C1. The summed E-state index contributed by atoms with van der Waals surface area (Å²) in [6.45, 7) is 5.24. The smallest absolute Gasteiger partial charge is 0.223 e. The van der Waals surface area contributed by atoms with Gasteiger partial charge < -0.3 is 10.6 Å². The summed E-state index contributed by atoms with van der Waals surface area (Å²) in [7, 11) is 0. The van der Waals surface area contributed by atoms with Gasteiger partial charge in [0.25, 0.3) is 0 Å². The van der Waals surface area contributed by atoms with Crippen LogP contribution in [0, 0.1) is 5.92 Å². The molecule has 2 aliphatic rings. The molecular formula is C14H26N2O. The Morgan fingerprint density at radius 1 is 1.53 bits per heavy atom. The van der Waals surface area contributed by atoms with Gasteiger partial charge >= 0.3 is 0 Å². The molecule has 0 aromatic heterocycles. The Bertz CT molecular complexity index is 273. The molecule has 1 saturated heterocycles. The minimum absolute atomic E-state index is 0.173. The van der Waals surface area contributed by atoms with Crippen molar-refractivity contribution in [3.8, 4) is 0 Å². The van der Waals surface area contributed by atoms with E-state index in [1.165, 1.54) is 19.3 Å². The van der Waals surface area contributed by atoms with Crippen LogP contribution in [0.15, 0.2) is 0 Å². The molecule has 0 aromatic carbocycles. The topological polar surface area (TPSA) is 41.1 Å². The third-order valence-corrected chi connectivity index (χ3v) is 4.46. The van der Waals surface area contributed by atoms with Crippen LogP contribution in [0.5, 0.6) is 0 Å². The molecule has 2 unspecified atom stereocenters. The normalized spacial score (nSPS) is 28.5. The first-order chi connectivity index (χ1) is 8.15. The maximum Gasteiger partial charge on any atom is 0.223 e. The highest BCUT2D eigenvalue weighted by Crippen LogP contribution is 2.38. The van der Waals surface area contributed by atoms with Crippen LogP contribution in [0.1, 0.15) is 58.8 Å². The molecule has 1 saturated carbocycles. The molecule has 98 valence electrons. The summed E-state index contributed by atoms with van der Waals surface area (Å²) in [4.78, 5) is 12.0. The van der Waals surface area contributed by atoms with Crippen LogP contribution in [-0.2, 0) is 4.79 Å². The molecule has 1 aliphatic heterocycles. The van der Waals surface area contributed by atoms with Gasteiger partial charge in [-0.1, -0.05) is 20.3 Å². The Morgan fingerprint density at radius 3 is 2.88 bits per heavy atom. The Labute approximate surface area is 105 Å². The zero-order valence-corrected chi connectivity index (χ0v) is 11.2. The molecule has 1 aliphatic carbocycles. The van der Waals surface area contributed by atoms with Gasteiger partial charge in [0.15, 0.2) is 0 Å². The van der Waals surface area contributed by atoms with Crippen molar-refractivity contribution < 1.29 is 4.79 Å². The fraction of sp³-hybridized carbons (Fsp3) is 0.929. The monoisotopic (exact) mass is 238 g/mol. The highest BCUT2D eigenvalue weighted by atomic mass is 16.1. The van der Waals surface area contributed by atoms with Crippen molar-refractivity contribution in [2.75, 3.05) is 6.54 Å². The van der Waals surface area contributed by atoms with Gasteiger partial charge in [-0.05, 0) is 45.1 Å². The van der Waals surface area contributed by atoms with Crippen molar-refractivity contribution >= 4 is 5.91 Å². The maximum atomic E-state index is 12.0. The van der Waals surface area contributed by atoms with Crippen molar-refractivity contribution in [1.29, 1.82) is 0 Å². The Kier molecular flexibility index (Phi) is 4.08. The number of rotatable bonds is 4. The number of hydrogen-bond acceptors (Lipinski definition) is 2. The van der Waals surface area contributed by atoms with E-state index in [0.29, 0.717) is 11.6 Å². The van der Waals surface area contributed by atoms with Gasteiger partial charge in [-0.15, -0.1) is 0 Å². The van der Waals surface area contributed by atoms with Crippen LogP contribution in [-0.4, -0.2) is 24.0 Å². The van der Waals surface area contributed by atoms with Gasteiger partial charge in [-0.3, -0.25) is 4.79 Å².